The van der Waals surface area contributed by atoms with Crippen LogP contribution in [0.25, 0.3) is 0 Å². The second-order valence-electron chi connectivity index (χ2n) is 4.86. The van der Waals surface area contributed by atoms with Crippen molar-refractivity contribution in [1.82, 2.24) is 0 Å². The quantitative estimate of drug-likeness (QED) is 0.312. The molecule has 0 aliphatic rings. The Hall–Kier alpha value is -2.07. The lowest BCUT2D eigenvalue weighted by molar-refractivity contribution is -0.0517. The van der Waals surface area contributed by atoms with Crippen LogP contribution in [0.5, 0.6) is 0 Å². The van der Waals surface area contributed by atoms with Crippen LogP contribution in [0.3, 0.4) is 0 Å². The van der Waals surface area contributed by atoms with E-state index in [1.807, 2.05) is 60.7 Å². The Morgan fingerprint density at radius 1 is 0.885 bits per heavy atom. The van der Waals surface area contributed by atoms with E-state index in [-0.39, 0.29) is 0 Å². The van der Waals surface area contributed by atoms with Gasteiger partial charge >= 0.3 is 5.51 Å². The summed E-state index contributed by atoms with van der Waals surface area (Å²) in [6.45, 7) is 3.42. The molecule has 2 aromatic carbocycles. The fourth-order valence-corrected chi connectivity index (χ4v) is 1.58. The Morgan fingerprint density at radius 3 is 1.73 bits per heavy atom. The SMILES string of the molecule is O=S(=O)([O-])C(F)(F)F.c1ccc(CO[CH+]COCc2ccccc2)cc1. The maximum Gasteiger partial charge on any atom is 0.485 e. The molecule has 0 heterocycles. The molecule has 0 N–H and O–H groups in total. The van der Waals surface area contributed by atoms with Crippen LogP contribution < -0.4 is 0 Å². The first-order valence-corrected chi connectivity index (χ1v) is 8.72. The fourth-order valence-electron chi connectivity index (χ4n) is 1.58. The molecule has 0 aliphatic heterocycles. The normalized spacial score (nSPS) is 11.4. The summed E-state index contributed by atoms with van der Waals surface area (Å²) in [4.78, 5) is 0. The summed E-state index contributed by atoms with van der Waals surface area (Å²) in [5, 5.41) is 0. The van der Waals surface area contributed by atoms with Gasteiger partial charge in [-0.15, -0.1) is 0 Å². The van der Waals surface area contributed by atoms with E-state index in [1.165, 1.54) is 5.56 Å². The number of rotatable bonds is 7. The molecule has 0 saturated carbocycles. The van der Waals surface area contributed by atoms with E-state index >= 15 is 0 Å². The largest absolute Gasteiger partial charge is 0.741 e. The summed E-state index contributed by atoms with van der Waals surface area (Å²) in [6, 6.07) is 20.2. The van der Waals surface area contributed by atoms with Gasteiger partial charge in [-0.05, 0) is 11.1 Å². The summed E-state index contributed by atoms with van der Waals surface area (Å²) in [6.07, 6.45) is 0. The van der Waals surface area contributed by atoms with Gasteiger partial charge in [0.2, 0.25) is 6.61 Å². The molecular weight excluding hydrogens is 373 g/mol. The van der Waals surface area contributed by atoms with Crippen LogP contribution in [0, 0.1) is 6.61 Å². The molecule has 0 fully saturated rings. The Morgan fingerprint density at radius 2 is 1.31 bits per heavy atom. The molecule has 0 radical (unpaired) electrons. The van der Waals surface area contributed by atoms with Crippen LogP contribution >= 0.6 is 0 Å². The lowest BCUT2D eigenvalue weighted by Gasteiger charge is -2.08. The van der Waals surface area contributed by atoms with E-state index in [0.29, 0.717) is 19.8 Å². The highest BCUT2D eigenvalue weighted by molar-refractivity contribution is 7.86. The van der Waals surface area contributed by atoms with Crippen molar-refractivity contribution in [2.45, 2.75) is 18.7 Å². The van der Waals surface area contributed by atoms with Crippen molar-refractivity contribution in [3.05, 3.63) is 78.4 Å². The van der Waals surface area contributed by atoms with Crippen LogP contribution in [-0.2, 0) is 32.8 Å². The summed E-state index contributed by atoms with van der Waals surface area (Å²) in [7, 11) is -6.09. The Labute approximate surface area is 150 Å². The molecule has 0 amide bonds. The summed E-state index contributed by atoms with van der Waals surface area (Å²) < 4.78 is 69.8. The lowest BCUT2D eigenvalue weighted by Crippen LogP contribution is -2.21. The smallest absolute Gasteiger partial charge is 0.485 e. The van der Waals surface area contributed by atoms with Gasteiger partial charge in [0.25, 0.3) is 6.61 Å². The van der Waals surface area contributed by atoms with Crippen LogP contribution in [0.2, 0.25) is 0 Å². The molecule has 5 nitrogen and oxygen atoms in total. The number of alkyl halides is 3. The van der Waals surface area contributed by atoms with Gasteiger partial charge in [-0.2, -0.15) is 17.9 Å². The number of hydrogen-bond acceptors (Lipinski definition) is 5. The maximum atomic E-state index is 10.7. The number of benzene rings is 2. The number of halogens is 3. The molecule has 9 heteroatoms. The topological polar surface area (TPSA) is 75.7 Å². The van der Waals surface area contributed by atoms with E-state index in [0.717, 1.165) is 5.56 Å². The minimum atomic E-state index is -6.09. The molecule has 26 heavy (non-hydrogen) atoms. The summed E-state index contributed by atoms with van der Waals surface area (Å²) in [5.74, 6) is 0. The second kappa shape index (κ2) is 10.8. The molecule has 0 bridgehead atoms. The van der Waals surface area contributed by atoms with Gasteiger partial charge in [0.15, 0.2) is 10.1 Å². The van der Waals surface area contributed by atoms with Crippen molar-refractivity contribution in [3.8, 4) is 0 Å². The van der Waals surface area contributed by atoms with Crippen LogP contribution in [0.1, 0.15) is 11.1 Å². The number of hydrogen-bond donors (Lipinski definition) is 0. The van der Waals surface area contributed by atoms with E-state index in [1.54, 1.807) is 6.61 Å². The lowest BCUT2D eigenvalue weighted by atomic mass is 10.2. The Kier molecular flexibility index (Phi) is 9.14. The molecule has 2 rings (SSSR count). The van der Waals surface area contributed by atoms with Crippen LogP contribution in [0.4, 0.5) is 13.2 Å². The first kappa shape index (κ1) is 22.0. The molecule has 0 unspecified atom stereocenters. The van der Waals surface area contributed by atoms with Gasteiger partial charge in [-0.25, -0.2) is 8.42 Å². The minimum absolute atomic E-state index is 0.502. The molecule has 0 spiro atoms. The van der Waals surface area contributed by atoms with Gasteiger partial charge in [-0.3, -0.25) is 0 Å². The van der Waals surface area contributed by atoms with Crippen molar-refractivity contribution >= 4 is 10.1 Å². The highest BCUT2D eigenvalue weighted by atomic mass is 32.2. The zero-order valence-corrected chi connectivity index (χ0v) is 14.4. The van der Waals surface area contributed by atoms with Crippen LogP contribution in [0.15, 0.2) is 60.7 Å². The predicted molar refractivity (Wildman–Crippen MR) is 87.4 cm³/mol. The molecule has 2 aromatic rings. The van der Waals surface area contributed by atoms with Gasteiger partial charge in [-0.1, -0.05) is 60.7 Å². The monoisotopic (exact) mass is 390 g/mol. The third-order valence-electron chi connectivity index (χ3n) is 2.79. The Balaban J connectivity index is 0.000000359. The first-order chi connectivity index (χ1) is 12.2. The highest BCUT2D eigenvalue weighted by Gasteiger charge is 2.36. The Bertz CT molecular complexity index is 676. The second-order valence-corrected chi connectivity index (χ2v) is 6.24. The van der Waals surface area contributed by atoms with Crippen molar-refractivity contribution in [3.63, 3.8) is 0 Å². The molecule has 0 aromatic heterocycles. The van der Waals surface area contributed by atoms with E-state index in [4.69, 9.17) is 22.4 Å². The summed E-state index contributed by atoms with van der Waals surface area (Å²) >= 11 is 0. The fraction of sp³-hybridized carbons (Fsp3) is 0.235. The van der Waals surface area contributed by atoms with Gasteiger partial charge in [0, 0.05) is 0 Å². The van der Waals surface area contributed by atoms with Crippen molar-refractivity contribution in [2.75, 3.05) is 6.61 Å². The van der Waals surface area contributed by atoms with Gasteiger partial charge in [0.1, 0.15) is 6.61 Å². The van der Waals surface area contributed by atoms with Crippen LogP contribution in [-0.4, -0.2) is 25.1 Å². The number of ether oxygens (including phenoxy) is 2. The molecular formula is C17H17F3O5S. The minimum Gasteiger partial charge on any atom is -0.741 e. The maximum absolute atomic E-state index is 10.7. The zero-order chi connectivity index (χ0) is 19.5. The first-order valence-electron chi connectivity index (χ1n) is 7.31. The molecule has 0 aliphatic carbocycles. The zero-order valence-electron chi connectivity index (χ0n) is 13.6. The molecule has 0 saturated heterocycles. The van der Waals surface area contributed by atoms with E-state index < -0.39 is 15.6 Å². The molecule has 0 atom stereocenters. The van der Waals surface area contributed by atoms with E-state index in [2.05, 4.69) is 0 Å². The average Bonchev–Trinajstić information content (AvgIpc) is 2.59. The van der Waals surface area contributed by atoms with Gasteiger partial charge < -0.3 is 9.29 Å². The summed E-state index contributed by atoms with van der Waals surface area (Å²) in [5.41, 5.74) is -3.31. The third kappa shape index (κ3) is 9.42. The van der Waals surface area contributed by atoms with Crippen molar-refractivity contribution < 1.29 is 35.6 Å². The third-order valence-corrected chi connectivity index (χ3v) is 3.36. The average molecular weight is 390 g/mol. The highest BCUT2D eigenvalue weighted by Crippen LogP contribution is 2.20. The standard InChI is InChI=1S/C16H17O2.CHF3O3S/c1-3-7-15(8-4-1)13-17-11-12-18-14-16-9-5-2-6-10-16;2-1(3,4)8(5,6)7/h1-11H,12-14H2;(H,5,6,7)/q+1;/p-1. The molecule has 142 valence electrons. The van der Waals surface area contributed by atoms with E-state index in [9.17, 15) is 13.2 Å². The predicted octanol–water partition coefficient (Wildman–Crippen LogP) is 3.63. The van der Waals surface area contributed by atoms with Gasteiger partial charge in [0.05, 0.1) is 6.61 Å². The van der Waals surface area contributed by atoms with Crippen molar-refractivity contribution in [2.24, 2.45) is 0 Å². The van der Waals surface area contributed by atoms with Crippen molar-refractivity contribution in [1.29, 1.82) is 0 Å².